The van der Waals surface area contributed by atoms with Crippen LogP contribution < -0.4 is 0 Å². The molecule has 4 nitrogen and oxygen atoms in total. The van der Waals surface area contributed by atoms with Crippen molar-refractivity contribution in [1.29, 1.82) is 0 Å². The molecule has 1 atom stereocenters. The second-order valence-corrected chi connectivity index (χ2v) is 2.27. The van der Waals surface area contributed by atoms with Gasteiger partial charge in [0.2, 0.25) is 0 Å². The zero-order valence-electron chi connectivity index (χ0n) is 5.49. The highest BCUT2D eigenvalue weighted by molar-refractivity contribution is 5.91. The molecule has 10 heavy (non-hydrogen) atoms. The van der Waals surface area contributed by atoms with E-state index >= 15 is 0 Å². The van der Waals surface area contributed by atoms with Crippen molar-refractivity contribution in [3.8, 4) is 0 Å². The maximum Gasteiger partial charge on any atom is 0.170 e. The highest BCUT2D eigenvalue weighted by Gasteiger charge is 2.22. The van der Waals surface area contributed by atoms with Gasteiger partial charge < -0.3 is 9.57 Å². The van der Waals surface area contributed by atoms with E-state index in [2.05, 4.69) is 10.1 Å². The summed E-state index contributed by atoms with van der Waals surface area (Å²) in [5.74, 6) is 0. The third-order valence-electron chi connectivity index (χ3n) is 1.59. The van der Waals surface area contributed by atoms with E-state index in [1.165, 1.54) is 6.40 Å². The first-order valence-corrected chi connectivity index (χ1v) is 3.29. The molecule has 0 bridgehead atoms. The summed E-state index contributed by atoms with van der Waals surface area (Å²) in [6.45, 7) is 1.32. The Kier molecular flexibility index (Phi) is 1.30. The lowest BCUT2D eigenvalue weighted by Crippen LogP contribution is -2.18. The minimum absolute atomic E-state index is 0.127. The van der Waals surface area contributed by atoms with Gasteiger partial charge in [-0.25, -0.2) is 4.99 Å². The number of aliphatic imine (C=N–C) groups is 1. The predicted octanol–water partition coefficient (Wildman–Crippen LogP) is 0.190. The monoisotopic (exact) mass is 140 g/mol. The van der Waals surface area contributed by atoms with E-state index in [0.29, 0.717) is 13.2 Å². The SMILES string of the molecule is C1=NC(C2=NOCC2)CO1. The first-order valence-electron chi connectivity index (χ1n) is 3.29. The summed E-state index contributed by atoms with van der Waals surface area (Å²) in [5.41, 5.74) is 1.01. The third-order valence-corrected chi connectivity index (χ3v) is 1.59. The summed E-state index contributed by atoms with van der Waals surface area (Å²) in [6, 6.07) is 0.127. The van der Waals surface area contributed by atoms with Gasteiger partial charge in [-0.05, 0) is 0 Å². The number of ether oxygens (including phenoxy) is 1. The zero-order chi connectivity index (χ0) is 6.81. The molecule has 1 unspecified atom stereocenters. The minimum atomic E-state index is 0.127. The van der Waals surface area contributed by atoms with E-state index in [1.54, 1.807) is 0 Å². The third kappa shape index (κ3) is 0.853. The topological polar surface area (TPSA) is 43.2 Å². The molecule has 0 aromatic rings. The fourth-order valence-corrected chi connectivity index (χ4v) is 1.03. The Hall–Kier alpha value is -1.06. The quantitative estimate of drug-likeness (QED) is 0.521. The average Bonchev–Trinajstić information content (AvgIpc) is 2.59. The van der Waals surface area contributed by atoms with Gasteiger partial charge in [-0.15, -0.1) is 0 Å². The fraction of sp³-hybridized carbons (Fsp3) is 0.667. The molecular weight excluding hydrogens is 132 g/mol. The Labute approximate surface area is 58.5 Å². The van der Waals surface area contributed by atoms with Gasteiger partial charge in [0.05, 0.1) is 5.71 Å². The molecule has 2 rings (SSSR count). The molecule has 0 radical (unpaired) electrons. The Bertz CT molecular complexity index is 188. The number of rotatable bonds is 1. The van der Waals surface area contributed by atoms with Crippen LogP contribution in [0, 0.1) is 0 Å². The molecule has 0 fully saturated rings. The number of hydrogen-bond acceptors (Lipinski definition) is 4. The van der Waals surface area contributed by atoms with Gasteiger partial charge in [-0.1, -0.05) is 5.16 Å². The molecule has 4 heteroatoms. The van der Waals surface area contributed by atoms with Crippen LogP contribution in [0.2, 0.25) is 0 Å². The van der Waals surface area contributed by atoms with Crippen LogP contribution in [0.15, 0.2) is 10.1 Å². The van der Waals surface area contributed by atoms with E-state index in [0.717, 1.165) is 12.1 Å². The van der Waals surface area contributed by atoms with Crippen LogP contribution in [0.1, 0.15) is 6.42 Å². The van der Waals surface area contributed by atoms with E-state index < -0.39 is 0 Å². The molecule has 0 spiro atoms. The van der Waals surface area contributed by atoms with Gasteiger partial charge in [0, 0.05) is 6.42 Å². The van der Waals surface area contributed by atoms with E-state index in [1.807, 2.05) is 0 Å². The van der Waals surface area contributed by atoms with Gasteiger partial charge in [0.25, 0.3) is 0 Å². The summed E-state index contributed by atoms with van der Waals surface area (Å²) in [4.78, 5) is 8.89. The summed E-state index contributed by atoms with van der Waals surface area (Å²) in [7, 11) is 0. The Morgan fingerprint density at radius 2 is 2.60 bits per heavy atom. The van der Waals surface area contributed by atoms with Crippen LogP contribution >= 0.6 is 0 Å². The maximum absolute atomic E-state index is 4.94. The van der Waals surface area contributed by atoms with Crippen LogP contribution in [0.25, 0.3) is 0 Å². The number of hydrogen-bond donors (Lipinski definition) is 0. The molecular formula is C6H8N2O2. The molecule has 0 aliphatic carbocycles. The van der Waals surface area contributed by atoms with Crippen molar-refractivity contribution in [1.82, 2.24) is 0 Å². The molecule has 54 valence electrons. The largest absolute Gasteiger partial charge is 0.481 e. The molecule has 2 heterocycles. The maximum atomic E-state index is 4.94. The van der Waals surface area contributed by atoms with Gasteiger partial charge in [-0.2, -0.15) is 0 Å². The van der Waals surface area contributed by atoms with Crippen molar-refractivity contribution in [3.05, 3.63) is 0 Å². The van der Waals surface area contributed by atoms with E-state index in [9.17, 15) is 0 Å². The lowest BCUT2D eigenvalue weighted by Gasteiger charge is -1.99. The van der Waals surface area contributed by atoms with E-state index in [4.69, 9.17) is 9.57 Å². The Balaban J connectivity index is 2.04. The molecule has 0 saturated carbocycles. The van der Waals surface area contributed by atoms with Gasteiger partial charge in [0.1, 0.15) is 19.3 Å². The van der Waals surface area contributed by atoms with Crippen molar-refractivity contribution >= 4 is 12.1 Å². The van der Waals surface area contributed by atoms with Crippen molar-refractivity contribution < 1.29 is 9.57 Å². The normalized spacial score (nSPS) is 29.6. The Morgan fingerprint density at radius 3 is 3.20 bits per heavy atom. The van der Waals surface area contributed by atoms with Crippen LogP contribution in [0.5, 0.6) is 0 Å². The smallest absolute Gasteiger partial charge is 0.170 e. The summed E-state index contributed by atoms with van der Waals surface area (Å²) < 4.78 is 4.94. The number of oxime groups is 1. The molecule has 0 amide bonds. The molecule has 2 aliphatic heterocycles. The van der Waals surface area contributed by atoms with Crippen LogP contribution in [0.3, 0.4) is 0 Å². The zero-order valence-corrected chi connectivity index (χ0v) is 5.49. The standard InChI is InChI=1S/C6H8N2O2/c1-2-10-8-5(1)6-3-9-4-7-6/h4,6H,1-3H2. The summed E-state index contributed by atoms with van der Waals surface area (Å²) >= 11 is 0. The van der Waals surface area contributed by atoms with Crippen LogP contribution in [-0.4, -0.2) is 31.4 Å². The average molecular weight is 140 g/mol. The van der Waals surface area contributed by atoms with Gasteiger partial charge in [-0.3, -0.25) is 0 Å². The lowest BCUT2D eigenvalue weighted by atomic mass is 10.1. The molecule has 2 aliphatic rings. The lowest BCUT2D eigenvalue weighted by molar-refractivity contribution is 0.173. The summed E-state index contributed by atoms with van der Waals surface area (Å²) in [6.07, 6.45) is 2.37. The fourth-order valence-electron chi connectivity index (χ4n) is 1.03. The Morgan fingerprint density at radius 1 is 1.60 bits per heavy atom. The highest BCUT2D eigenvalue weighted by atomic mass is 16.6. The van der Waals surface area contributed by atoms with Crippen LogP contribution in [-0.2, 0) is 9.57 Å². The van der Waals surface area contributed by atoms with Crippen molar-refractivity contribution in [3.63, 3.8) is 0 Å². The van der Waals surface area contributed by atoms with Crippen molar-refractivity contribution in [2.75, 3.05) is 13.2 Å². The second kappa shape index (κ2) is 2.28. The second-order valence-electron chi connectivity index (χ2n) is 2.27. The highest BCUT2D eigenvalue weighted by Crippen LogP contribution is 2.10. The van der Waals surface area contributed by atoms with E-state index in [-0.39, 0.29) is 6.04 Å². The number of nitrogens with zero attached hydrogens (tertiary/aromatic N) is 2. The minimum Gasteiger partial charge on any atom is -0.481 e. The first kappa shape index (κ1) is 5.70. The molecule has 0 aromatic carbocycles. The van der Waals surface area contributed by atoms with Gasteiger partial charge in [0.15, 0.2) is 6.40 Å². The molecule has 0 saturated heterocycles. The predicted molar refractivity (Wildman–Crippen MR) is 36.2 cm³/mol. The first-order chi connectivity index (χ1) is 4.97. The summed E-state index contributed by atoms with van der Waals surface area (Å²) in [5, 5.41) is 3.84. The molecule has 0 aromatic heterocycles. The van der Waals surface area contributed by atoms with Crippen LogP contribution in [0.4, 0.5) is 0 Å². The molecule has 0 N–H and O–H groups in total. The van der Waals surface area contributed by atoms with Crippen molar-refractivity contribution in [2.45, 2.75) is 12.5 Å². The van der Waals surface area contributed by atoms with Crippen molar-refractivity contribution in [2.24, 2.45) is 10.1 Å². The van der Waals surface area contributed by atoms with Gasteiger partial charge >= 0.3 is 0 Å².